The molecule has 4 aromatic rings. The second-order valence-electron chi connectivity index (χ2n) is 6.91. The van der Waals surface area contributed by atoms with Gasteiger partial charge in [-0.1, -0.05) is 18.7 Å². The maximum Gasteiger partial charge on any atom is 0.255 e. The Kier molecular flexibility index (Phi) is 6.64. The molecule has 1 N–H and O–H groups in total. The van der Waals surface area contributed by atoms with Crippen LogP contribution in [0, 0.1) is 0 Å². The summed E-state index contributed by atoms with van der Waals surface area (Å²) in [6, 6.07) is 12.8. The zero-order valence-electron chi connectivity index (χ0n) is 18.7. The van der Waals surface area contributed by atoms with E-state index < -0.39 is 0 Å². The third-order valence-electron chi connectivity index (χ3n) is 4.90. The molecule has 0 aliphatic rings. The summed E-state index contributed by atoms with van der Waals surface area (Å²) < 4.78 is 17.7. The average molecular weight is 466 g/mol. The smallest absolute Gasteiger partial charge is 0.255 e. The third-order valence-corrected chi connectivity index (χ3v) is 5.90. The van der Waals surface area contributed by atoms with Crippen LogP contribution >= 0.6 is 11.8 Å². The van der Waals surface area contributed by atoms with Crippen molar-refractivity contribution >= 4 is 29.1 Å². The molecule has 0 aliphatic heterocycles. The first-order chi connectivity index (χ1) is 16.1. The Labute approximate surface area is 195 Å². The van der Waals surface area contributed by atoms with Gasteiger partial charge in [0.1, 0.15) is 11.4 Å². The molecule has 0 unspecified atom stereocenters. The standard InChI is InChI=1S/C23H23N5O4S/c1-5-15-12-20(28-23(27-15)24-13-25-28)33-17-8-6-16(7-9-17)26-22(29)14-10-18(30-2)21(32-4)19(11-14)31-3/h6-13H,5H2,1-4H3,(H,26,29). The van der Waals surface area contributed by atoms with Gasteiger partial charge in [-0.2, -0.15) is 14.6 Å². The third kappa shape index (κ3) is 4.70. The minimum absolute atomic E-state index is 0.291. The van der Waals surface area contributed by atoms with Crippen molar-refractivity contribution in [2.24, 2.45) is 0 Å². The van der Waals surface area contributed by atoms with Crippen LogP contribution in [-0.4, -0.2) is 46.8 Å². The molecule has 0 radical (unpaired) electrons. The molecule has 10 heteroatoms. The van der Waals surface area contributed by atoms with Gasteiger partial charge in [0, 0.05) is 21.8 Å². The van der Waals surface area contributed by atoms with Crippen molar-refractivity contribution in [2.45, 2.75) is 23.3 Å². The number of nitrogens with zero attached hydrogens (tertiary/aromatic N) is 4. The summed E-state index contributed by atoms with van der Waals surface area (Å²) in [5, 5.41) is 8.07. The van der Waals surface area contributed by atoms with Crippen molar-refractivity contribution in [3.63, 3.8) is 0 Å². The molecule has 0 fully saturated rings. The molecule has 0 saturated carbocycles. The van der Waals surface area contributed by atoms with E-state index in [1.165, 1.54) is 27.7 Å². The molecule has 2 aromatic heterocycles. The fourth-order valence-electron chi connectivity index (χ4n) is 3.23. The first-order valence-corrected chi connectivity index (χ1v) is 11.0. The molecule has 1 amide bonds. The van der Waals surface area contributed by atoms with Crippen molar-refractivity contribution in [3.05, 3.63) is 60.0 Å². The van der Waals surface area contributed by atoms with E-state index in [1.807, 2.05) is 30.3 Å². The zero-order chi connectivity index (χ0) is 23.4. The number of carbonyl (C=O) groups excluding carboxylic acids is 1. The maximum atomic E-state index is 12.8. The largest absolute Gasteiger partial charge is 0.493 e. The van der Waals surface area contributed by atoms with Crippen LogP contribution in [0.15, 0.2) is 58.7 Å². The predicted molar refractivity (Wildman–Crippen MR) is 125 cm³/mol. The van der Waals surface area contributed by atoms with Crippen LogP contribution in [0.2, 0.25) is 0 Å². The van der Waals surface area contributed by atoms with Crippen LogP contribution in [0.1, 0.15) is 23.0 Å². The van der Waals surface area contributed by atoms with Crippen molar-refractivity contribution in [2.75, 3.05) is 26.6 Å². The molecule has 0 aliphatic carbocycles. The second kappa shape index (κ2) is 9.78. The summed E-state index contributed by atoms with van der Waals surface area (Å²) in [5.41, 5.74) is 2.00. The van der Waals surface area contributed by atoms with E-state index in [0.717, 1.165) is 22.0 Å². The molecule has 4 rings (SSSR count). The Morgan fingerprint density at radius 1 is 1.03 bits per heavy atom. The van der Waals surface area contributed by atoms with Gasteiger partial charge in [0.25, 0.3) is 11.7 Å². The Balaban J connectivity index is 1.52. The number of carbonyl (C=O) groups is 1. The van der Waals surface area contributed by atoms with Crippen molar-refractivity contribution in [1.29, 1.82) is 0 Å². The minimum Gasteiger partial charge on any atom is -0.493 e. The quantitative estimate of drug-likeness (QED) is 0.388. The Morgan fingerprint density at radius 2 is 1.73 bits per heavy atom. The van der Waals surface area contributed by atoms with Gasteiger partial charge in [-0.15, -0.1) is 0 Å². The molecular weight excluding hydrogens is 442 g/mol. The number of rotatable bonds is 8. The number of anilines is 1. The fourth-order valence-corrected chi connectivity index (χ4v) is 4.15. The normalized spacial score (nSPS) is 10.8. The summed E-state index contributed by atoms with van der Waals surface area (Å²) in [7, 11) is 4.53. The highest BCUT2D eigenvalue weighted by molar-refractivity contribution is 7.99. The van der Waals surface area contributed by atoms with E-state index in [-0.39, 0.29) is 5.91 Å². The highest BCUT2D eigenvalue weighted by Crippen LogP contribution is 2.38. The summed E-state index contributed by atoms with van der Waals surface area (Å²) in [6.07, 6.45) is 2.30. The second-order valence-corrected chi connectivity index (χ2v) is 8.00. The number of aryl methyl sites for hydroxylation is 1. The summed E-state index contributed by atoms with van der Waals surface area (Å²) in [5.74, 6) is 1.54. The van der Waals surface area contributed by atoms with Gasteiger partial charge >= 0.3 is 0 Å². The van der Waals surface area contributed by atoms with Gasteiger partial charge in [0.15, 0.2) is 11.5 Å². The van der Waals surface area contributed by atoms with Gasteiger partial charge in [-0.05, 0) is 48.9 Å². The number of nitrogens with one attached hydrogen (secondary N) is 1. The van der Waals surface area contributed by atoms with Crippen LogP contribution in [0.5, 0.6) is 17.2 Å². The maximum absolute atomic E-state index is 12.8. The number of benzene rings is 2. The van der Waals surface area contributed by atoms with E-state index in [0.29, 0.717) is 34.3 Å². The number of ether oxygens (including phenoxy) is 3. The molecule has 2 aromatic carbocycles. The van der Waals surface area contributed by atoms with E-state index in [1.54, 1.807) is 28.4 Å². The van der Waals surface area contributed by atoms with Crippen molar-refractivity contribution < 1.29 is 19.0 Å². The number of methoxy groups -OCH3 is 3. The zero-order valence-corrected chi connectivity index (χ0v) is 19.5. The van der Waals surface area contributed by atoms with E-state index in [2.05, 4.69) is 27.3 Å². The lowest BCUT2D eigenvalue weighted by Gasteiger charge is -2.14. The monoisotopic (exact) mass is 465 g/mol. The van der Waals surface area contributed by atoms with E-state index >= 15 is 0 Å². The van der Waals surface area contributed by atoms with Crippen molar-refractivity contribution in [3.8, 4) is 17.2 Å². The highest BCUT2D eigenvalue weighted by Gasteiger charge is 2.17. The SMILES string of the molecule is CCc1cc(Sc2ccc(NC(=O)c3cc(OC)c(OC)c(OC)c3)cc2)n2ncnc2n1. The lowest BCUT2D eigenvalue weighted by molar-refractivity contribution is 0.102. The van der Waals surface area contributed by atoms with Crippen LogP contribution in [0.25, 0.3) is 5.78 Å². The van der Waals surface area contributed by atoms with Gasteiger partial charge in [0.05, 0.1) is 21.3 Å². The number of hydrogen-bond acceptors (Lipinski definition) is 8. The molecule has 0 atom stereocenters. The molecule has 170 valence electrons. The van der Waals surface area contributed by atoms with E-state index in [4.69, 9.17) is 14.2 Å². The van der Waals surface area contributed by atoms with Gasteiger partial charge in [0.2, 0.25) is 5.75 Å². The fraction of sp³-hybridized carbons (Fsp3) is 0.217. The number of amides is 1. The molecule has 33 heavy (non-hydrogen) atoms. The van der Waals surface area contributed by atoms with Crippen LogP contribution < -0.4 is 19.5 Å². The average Bonchev–Trinajstić information content (AvgIpc) is 3.33. The van der Waals surface area contributed by atoms with Gasteiger partial charge in [-0.3, -0.25) is 4.79 Å². The Bertz CT molecular complexity index is 1270. The summed E-state index contributed by atoms with van der Waals surface area (Å²) in [6.45, 7) is 2.05. The first-order valence-electron chi connectivity index (χ1n) is 10.1. The number of hydrogen-bond donors (Lipinski definition) is 1. The number of fused-ring (bicyclic) bond motifs is 1. The molecule has 0 spiro atoms. The van der Waals surface area contributed by atoms with E-state index in [9.17, 15) is 4.79 Å². The Hall–Kier alpha value is -3.79. The molecular formula is C23H23N5O4S. The summed E-state index contributed by atoms with van der Waals surface area (Å²) in [4.78, 5) is 22.5. The summed E-state index contributed by atoms with van der Waals surface area (Å²) >= 11 is 1.55. The number of aromatic nitrogens is 4. The topological polar surface area (TPSA) is 99.9 Å². The molecule has 0 bridgehead atoms. The van der Waals surface area contributed by atoms with Crippen molar-refractivity contribution in [1.82, 2.24) is 19.6 Å². The van der Waals surface area contributed by atoms with Gasteiger partial charge < -0.3 is 19.5 Å². The molecule has 9 nitrogen and oxygen atoms in total. The highest BCUT2D eigenvalue weighted by atomic mass is 32.2. The first kappa shape index (κ1) is 22.4. The van der Waals surface area contributed by atoms with Crippen LogP contribution in [0.3, 0.4) is 0 Å². The molecule has 2 heterocycles. The van der Waals surface area contributed by atoms with Crippen LogP contribution in [0.4, 0.5) is 5.69 Å². The minimum atomic E-state index is -0.291. The predicted octanol–water partition coefficient (Wildman–Crippen LogP) is 4.12. The molecule has 0 saturated heterocycles. The lowest BCUT2D eigenvalue weighted by Crippen LogP contribution is -2.12. The Morgan fingerprint density at radius 3 is 2.33 bits per heavy atom. The van der Waals surface area contributed by atoms with Crippen LogP contribution in [-0.2, 0) is 6.42 Å². The lowest BCUT2D eigenvalue weighted by atomic mass is 10.1. The van der Waals surface area contributed by atoms with Gasteiger partial charge in [-0.25, -0.2) is 4.98 Å².